The minimum Gasteiger partial charge on any atom is -0.359 e. The van der Waals surface area contributed by atoms with Crippen LogP contribution in [0.4, 0.5) is 13.2 Å². The molecule has 0 aromatic carbocycles. The molecule has 0 atom stereocenters. The predicted molar refractivity (Wildman–Crippen MR) is 38.5 cm³/mol. The van der Waals surface area contributed by atoms with Gasteiger partial charge in [0.1, 0.15) is 0 Å². The standard InChI is InChI=1S/C7H12F3NO/c1-6(2,5(12)11-3)4-7(8,9)10/h4H2,1-3H3,(H,11,12). The van der Waals surface area contributed by atoms with Crippen LogP contribution >= 0.6 is 0 Å². The van der Waals surface area contributed by atoms with Crippen LogP contribution < -0.4 is 5.32 Å². The van der Waals surface area contributed by atoms with Crippen molar-refractivity contribution in [3.63, 3.8) is 0 Å². The first-order chi connectivity index (χ1) is 5.19. The zero-order chi connectivity index (χ0) is 9.99. The van der Waals surface area contributed by atoms with Crippen LogP contribution in [0, 0.1) is 5.41 Å². The molecule has 72 valence electrons. The molecule has 0 unspecified atom stereocenters. The topological polar surface area (TPSA) is 29.1 Å². The molecule has 0 rings (SSSR count). The van der Waals surface area contributed by atoms with Gasteiger partial charge in [0, 0.05) is 7.05 Å². The van der Waals surface area contributed by atoms with Crippen molar-refractivity contribution in [2.24, 2.45) is 5.41 Å². The minimum absolute atomic E-state index is 0.597. The Kier molecular flexibility index (Phi) is 3.12. The summed E-state index contributed by atoms with van der Waals surface area (Å²) < 4.78 is 35.6. The predicted octanol–water partition coefficient (Wildman–Crippen LogP) is 1.71. The summed E-state index contributed by atoms with van der Waals surface area (Å²) in [6.07, 6.45) is -5.39. The van der Waals surface area contributed by atoms with Crippen LogP contribution in [-0.4, -0.2) is 19.1 Å². The van der Waals surface area contributed by atoms with Gasteiger partial charge in [-0.2, -0.15) is 13.2 Å². The average molecular weight is 183 g/mol. The molecule has 0 saturated heterocycles. The summed E-state index contributed by atoms with van der Waals surface area (Å²) in [5, 5.41) is 2.19. The highest BCUT2D eigenvalue weighted by Crippen LogP contribution is 2.32. The fraction of sp³-hybridized carbons (Fsp3) is 0.857. The zero-order valence-corrected chi connectivity index (χ0v) is 7.25. The first-order valence-electron chi connectivity index (χ1n) is 3.48. The van der Waals surface area contributed by atoms with Crippen molar-refractivity contribution in [1.82, 2.24) is 5.32 Å². The second-order valence-electron chi connectivity index (χ2n) is 3.25. The van der Waals surface area contributed by atoms with Crippen molar-refractivity contribution in [1.29, 1.82) is 0 Å². The number of rotatable bonds is 2. The van der Waals surface area contributed by atoms with Crippen molar-refractivity contribution >= 4 is 5.91 Å². The van der Waals surface area contributed by atoms with E-state index in [4.69, 9.17) is 0 Å². The van der Waals surface area contributed by atoms with Crippen molar-refractivity contribution in [3.8, 4) is 0 Å². The Bertz CT molecular complexity index is 174. The van der Waals surface area contributed by atoms with E-state index in [1.165, 1.54) is 20.9 Å². The summed E-state index contributed by atoms with van der Waals surface area (Å²) >= 11 is 0. The van der Waals surface area contributed by atoms with Crippen molar-refractivity contribution in [2.45, 2.75) is 26.4 Å². The molecule has 0 aliphatic carbocycles. The number of hydrogen-bond donors (Lipinski definition) is 1. The number of alkyl halides is 3. The lowest BCUT2D eigenvalue weighted by Crippen LogP contribution is -2.37. The third kappa shape index (κ3) is 3.59. The lowest BCUT2D eigenvalue weighted by molar-refractivity contribution is -0.164. The van der Waals surface area contributed by atoms with Gasteiger partial charge < -0.3 is 5.32 Å². The Hall–Kier alpha value is -0.740. The first kappa shape index (κ1) is 11.3. The third-order valence-corrected chi connectivity index (χ3v) is 1.48. The van der Waals surface area contributed by atoms with Gasteiger partial charge in [0.25, 0.3) is 0 Å². The van der Waals surface area contributed by atoms with Crippen molar-refractivity contribution in [3.05, 3.63) is 0 Å². The van der Waals surface area contributed by atoms with Gasteiger partial charge in [-0.3, -0.25) is 4.79 Å². The molecule has 1 N–H and O–H groups in total. The van der Waals surface area contributed by atoms with Crippen LogP contribution in [-0.2, 0) is 4.79 Å². The molecule has 0 fully saturated rings. The van der Waals surface area contributed by atoms with E-state index < -0.39 is 23.9 Å². The molecule has 0 heterocycles. The van der Waals surface area contributed by atoms with E-state index in [2.05, 4.69) is 5.32 Å². The molecule has 0 radical (unpaired) electrons. The zero-order valence-electron chi connectivity index (χ0n) is 7.25. The lowest BCUT2D eigenvalue weighted by atomic mass is 9.88. The van der Waals surface area contributed by atoms with Gasteiger partial charge in [0.2, 0.25) is 5.91 Å². The van der Waals surface area contributed by atoms with Gasteiger partial charge >= 0.3 is 6.18 Å². The van der Waals surface area contributed by atoms with Crippen LogP contribution in [0.3, 0.4) is 0 Å². The molecule has 12 heavy (non-hydrogen) atoms. The Balaban J connectivity index is 4.32. The van der Waals surface area contributed by atoms with Gasteiger partial charge in [0.05, 0.1) is 11.8 Å². The van der Waals surface area contributed by atoms with Crippen LogP contribution in [0.1, 0.15) is 20.3 Å². The Morgan fingerprint density at radius 3 is 2.00 bits per heavy atom. The lowest BCUT2D eigenvalue weighted by Gasteiger charge is -2.23. The van der Waals surface area contributed by atoms with Gasteiger partial charge in [-0.05, 0) is 0 Å². The molecule has 0 aliphatic heterocycles. The minimum atomic E-state index is -4.30. The maximum atomic E-state index is 11.9. The summed E-state index contributed by atoms with van der Waals surface area (Å²) in [5.74, 6) is -0.597. The molecule has 0 aromatic rings. The van der Waals surface area contributed by atoms with Crippen LogP contribution in [0.25, 0.3) is 0 Å². The van der Waals surface area contributed by atoms with Gasteiger partial charge in [0.15, 0.2) is 0 Å². The number of halogens is 3. The van der Waals surface area contributed by atoms with Crippen molar-refractivity contribution in [2.75, 3.05) is 7.05 Å². The highest BCUT2D eigenvalue weighted by atomic mass is 19.4. The number of amides is 1. The fourth-order valence-electron chi connectivity index (χ4n) is 0.920. The molecule has 0 spiro atoms. The number of carbonyl (C=O) groups is 1. The molecular weight excluding hydrogens is 171 g/mol. The quantitative estimate of drug-likeness (QED) is 0.693. The second kappa shape index (κ2) is 3.33. The molecule has 0 aliphatic rings. The van der Waals surface area contributed by atoms with E-state index >= 15 is 0 Å². The Labute approximate surface area is 69.1 Å². The molecular formula is C7H12F3NO. The highest BCUT2D eigenvalue weighted by molar-refractivity contribution is 5.81. The number of nitrogens with one attached hydrogen (secondary N) is 1. The maximum Gasteiger partial charge on any atom is 0.390 e. The third-order valence-electron chi connectivity index (χ3n) is 1.48. The molecule has 0 saturated carbocycles. The summed E-state index contributed by atoms with van der Waals surface area (Å²) in [7, 11) is 1.32. The Morgan fingerprint density at radius 2 is 1.75 bits per heavy atom. The SMILES string of the molecule is CNC(=O)C(C)(C)CC(F)(F)F. The summed E-state index contributed by atoms with van der Waals surface area (Å²) in [6.45, 7) is 2.53. The Morgan fingerprint density at radius 1 is 1.33 bits per heavy atom. The molecule has 1 amide bonds. The van der Waals surface area contributed by atoms with E-state index in [1.807, 2.05) is 0 Å². The van der Waals surface area contributed by atoms with E-state index in [0.717, 1.165) is 0 Å². The van der Waals surface area contributed by atoms with E-state index in [0.29, 0.717) is 0 Å². The van der Waals surface area contributed by atoms with E-state index in [9.17, 15) is 18.0 Å². The molecule has 0 aromatic heterocycles. The van der Waals surface area contributed by atoms with Gasteiger partial charge in [-0.15, -0.1) is 0 Å². The van der Waals surface area contributed by atoms with Gasteiger partial charge in [-0.1, -0.05) is 13.8 Å². The second-order valence-corrected chi connectivity index (χ2v) is 3.25. The molecule has 2 nitrogen and oxygen atoms in total. The smallest absolute Gasteiger partial charge is 0.359 e. The van der Waals surface area contributed by atoms with Crippen LogP contribution in [0.15, 0.2) is 0 Å². The molecule has 0 bridgehead atoms. The summed E-state index contributed by atoms with van der Waals surface area (Å²) in [5.41, 5.74) is -1.38. The number of carbonyl (C=O) groups excluding carboxylic acids is 1. The number of hydrogen-bond acceptors (Lipinski definition) is 1. The van der Waals surface area contributed by atoms with Crippen LogP contribution in [0.5, 0.6) is 0 Å². The monoisotopic (exact) mass is 183 g/mol. The fourth-order valence-corrected chi connectivity index (χ4v) is 0.920. The average Bonchev–Trinajstić information content (AvgIpc) is 1.80. The highest BCUT2D eigenvalue weighted by Gasteiger charge is 2.40. The summed E-state index contributed by atoms with van der Waals surface area (Å²) in [4.78, 5) is 10.9. The van der Waals surface area contributed by atoms with Crippen LogP contribution in [0.2, 0.25) is 0 Å². The normalized spacial score (nSPS) is 12.8. The largest absolute Gasteiger partial charge is 0.390 e. The van der Waals surface area contributed by atoms with E-state index in [1.54, 1.807) is 0 Å². The van der Waals surface area contributed by atoms with Crippen molar-refractivity contribution < 1.29 is 18.0 Å². The van der Waals surface area contributed by atoms with Gasteiger partial charge in [-0.25, -0.2) is 0 Å². The first-order valence-corrected chi connectivity index (χ1v) is 3.48. The van der Waals surface area contributed by atoms with E-state index in [-0.39, 0.29) is 0 Å². The summed E-state index contributed by atoms with van der Waals surface area (Å²) in [6, 6.07) is 0. The maximum absolute atomic E-state index is 11.9. The molecule has 5 heteroatoms.